The van der Waals surface area contributed by atoms with E-state index in [9.17, 15) is 22.0 Å². The van der Waals surface area contributed by atoms with Crippen molar-refractivity contribution in [2.24, 2.45) is 0 Å². The molecule has 0 heterocycles. The van der Waals surface area contributed by atoms with Gasteiger partial charge < -0.3 is 0 Å². The third-order valence-corrected chi connectivity index (χ3v) is 4.54. The highest BCUT2D eigenvalue weighted by atomic mass is 19.2. The van der Waals surface area contributed by atoms with Crippen molar-refractivity contribution in [1.29, 1.82) is 0 Å². The van der Waals surface area contributed by atoms with Crippen LogP contribution in [-0.2, 0) is 6.42 Å². The molecule has 0 aliphatic heterocycles. The number of hydrogen-bond donors (Lipinski definition) is 0. The highest BCUT2D eigenvalue weighted by molar-refractivity contribution is 5.56. The Kier molecular flexibility index (Phi) is 4.93. The molecule has 132 valence electrons. The zero-order chi connectivity index (χ0) is 18.1. The number of hydrogen-bond acceptors (Lipinski definition) is 0. The van der Waals surface area contributed by atoms with Gasteiger partial charge in [0.05, 0.1) is 0 Å². The summed E-state index contributed by atoms with van der Waals surface area (Å²) in [6.45, 7) is 2.01. The lowest BCUT2D eigenvalue weighted by Crippen LogP contribution is -2.20. The van der Waals surface area contributed by atoms with Gasteiger partial charge in [-0.05, 0) is 41.3 Å². The van der Waals surface area contributed by atoms with Crippen molar-refractivity contribution in [1.82, 2.24) is 0 Å². The molecule has 0 saturated heterocycles. The molecule has 2 unspecified atom stereocenters. The van der Waals surface area contributed by atoms with E-state index < -0.39 is 41.3 Å². The Bertz CT molecular complexity index is 783. The van der Waals surface area contributed by atoms with Crippen molar-refractivity contribution in [2.45, 2.75) is 38.0 Å². The van der Waals surface area contributed by atoms with Crippen molar-refractivity contribution >= 4 is 0 Å². The summed E-state index contributed by atoms with van der Waals surface area (Å²) in [5.41, 5.74) is 1.08. The zero-order valence-electron chi connectivity index (χ0n) is 13.6. The van der Waals surface area contributed by atoms with Gasteiger partial charge in [-0.15, -0.1) is 0 Å². The van der Waals surface area contributed by atoms with Gasteiger partial charge in [-0.2, -0.15) is 0 Å². The molecule has 0 fully saturated rings. The van der Waals surface area contributed by atoms with Crippen LogP contribution < -0.4 is 0 Å². The molecule has 25 heavy (non-hydrogen) atoms. The second-order valence-corrected chi connectivity index (χ2v) is 6.20. The molecule has 1 aromatic rings. The first kappa shape index (κ1) is 17.6. The quantitative estimate of drug-likeness (QED) is 0.561. The lowest BCUT2D eigenvalue weighted by atomic mass is 9.85. The van der Waals surface area contributed by atoms with E-state index in [0.29, 0.717) is 12.2 Å². The summed E-state index contributed by atoms with van der Waals surface area (Å²) in [5.74, 6) is -3.56. The highest BCUT2D eigenvalue weighted by Crippen LogP contribution is 2.41. The molecule has 3 rings (SSSR count). The molecule has 0 radical (unpaired) electrons. The van der Waals surface area contributed by atoms with Crippen LogP contribution in [0.2, 0.25) is 0 Å². The van der Waals surface area contributed by atoms with Crippen LogP contribution in [0, 0.1) is 0 Å². The number of aryl methyl sites for hydroxylation is 1. The molecular formula is C20H17F5. The second-order valence-electron chi connectivity index (χ2n) is 6.20. The van der Waals surface area contributed by atoms with Crippen molar-refractivity contribution in [3.05, 3.63) is 82.2 Å². The molecule has 3 atom stereocenters. The van der Waals surface area contributed by atoms with Gasteiger partial charge in [0.1, 0.15) is 17.5 Å². The minimum Gasteiger partial charge on any atom is -0.239 e. The second kappa shape index (κ2) is 6.98. The van der Waals surface area contributed by atoms with E-state index >= 15 is 0 Å². The molecule has 0 bridgehead atoms. The molecule has 5 heteroatoms. The van der Waals surface area contributed by atoms with E-state index in [1.54, 1.807) is 0 Å². The maximum atomic E-state index is 14.5. The van der Waals surface area contributed by atoms with E-state index in [1.165, 1.54) is 6.08 Å². The molecule has 0 amide bonds. The van der Waals surface area contributed by atoms with Gasteiger partial charge in [0.25, 0.3) is 0 Å². The van der Waals surface area contributed by atoms with Crippen molar-refractivity contribution < 1.29 is 22.0 Å². The van der Waals surface area contributed by atoms with E-state index in [-0.39, 0.29) is 12.0 Å². The van der Waals surface area contributed by atoms with Crippen molar-refractivity contribution in [3.63, 3.8) is 0 Å². The lowest BCUT2D eigenvalue weighted by Gasteiger charge is -2.23. The topological polar surface area (TPSA) is 0 Å². The van der Waals surface area contributed by atoms with Crippen LogP contribution >= 0.6 is 0 Å². The molecule has 0 saturated carbocycles. The van der Waals surface area contributed by atoms with Gasteiger partial charge in [0.2, 0.25) is 0 Å². The molecule has 2 aliphatic carbocycles. The summed E-state index contributed by atoms with van der Waals surface area (Å²) in [6.07, 6.45) is -1.33. The Hall–Kier alpha value is -2.17. The third kappa shape index (κ3) is 3.46. The highest BCUT2D eigenvalue weighted by Gasteiger charge is 2.32. The fourth-order valence-electron chi connectivity index (χ4n) is 3.09. The number of rotatable bonds is 3. The van der Waals surface area contributed by atoms with Crippen molar-refractivity contribution in [3.8, 4) is 0 Å². The Labute approximate surface area is 143 Å². The van der Waals surface area contributed by atoms with Crippen LogP contribution in [0.1, 0.15) is 30.4 Å². The van der Waals surface area contributed by atoms with E-state index in [1.807, 2.05) is 31.2 Å². The molecule has 2 aliphatic rings. The van der Waals surface area contributed by atoms with Crippen LogP contribution in [0.3, 0.4) is 0 Å². The average Bonchev–Trinajstić information content (AvgIpc) is 2.59. The van der Waals surface area contributed by atoms with Crippen molar-refractivity contribution in [2.75, 3.05) is 0 Å². The maximum absolute atomic E-state index is 14.5. The smallest absolute Gasteiger partial charge is 0.186 e. The number of benzene rings is 1. The average molecular weight is 352 g/mol. The molecule has 0 aromatic heterocycles. The monoisotopic (exact) mass is 352 g/mol. The summed E-state index contributed by atoms with van der Waals surface area (Å²) in [5, 5.41) is 0. The molecular weight excluding hydrogens is 335 g/mol. The predicted molar refractivity (Wildman–Crippen MR) is 87.6 cm³/mol. The summed E-state index contributed by atoms with van der Waals surface area (Å²) in [4.78, 5) is 0. The first-order valence-corrected chi connectivity index (χ1v) is 8.13. The molecule has 0 nitrogen and oxygen atoms in total. The van der Waals surface area contributed by atoms with Gasteiger partial charge in [-0.3, -0.25) is 0 Å². The van der Waals surface area contributed by atoms with E-state index in [4.69, 9.17) is 0 Å². The van der Waals surface area contributed by atoms with Crippen LogP contribution in [-0.4, -0.2) is 12.3 Å². The third-order valence-electron chi connectivity index (χ3n) is 4.54. The van der Waals surface area contributed by atoms with Crippen LogP contribution in [0.4, 0.5) is 22.0 Å². The Morgan fingerprint density at radius 3 is 2.24 bits per heavy atom. The van der Waals surface area contributed by atoms with Gasteiger partial charge >= 0.3 is 0 Å². The lowest BCUT2D eigenvalue weighted by molar-refractivity contribution is 0.205. The summed E-state index contributed by atoms with van der Waals surface area (Å²) < 4.78 is 69.0. The number of alkyl halides is 2. The Morgan fingerprint density at radius 1 is 1.00 bits per heavy atom. The number of allylic oxidation sites excluding steroid dienone is 8. The first-order chi connectivity index (χ1) is 11.9. The van der Waals surface area contributed by atoms with Gasteiger partial charge in [0.15, 0.2) is 12.3 Å². The van der Waals surface area contributed by atoms with Crippen LogP contribution in [0.5, 0.6) is 0 Å². The minimum absolute atomic E-state index is 0.114. The summed E-state index contributed by atoms with van der Waals surface area (Å²) >= 11 is 0. The van der Waals surface area contributed by atoms with Gasteiger partial charge in [0, 0.05) is 17.9 Å². The molecule has 0 N–H and O–H groups in total. The first-order valence-electron chi connectivity index (χ1n) is 8.13. The number of halogens is 5. The largest absolute Gasteiger partial charge is 0.239 e. The fraction of sp³-hybridized carbons (Fsp3) is 0.300. The Morgan fingerprint density at radius 2 is 1.68 bits per heavy atom. The summed E-state index contributed by atoms with van der Waals surface area (Å²) in [7, 11) is 0. The standard InChI is InChI=1S/C20H17F5/c1-2-11-3-5-12(6-4-11)13-7-15(21)19(16(22)8-13)14-9-17(23)20(25)18(24)10-14/h3-7,9-10,13,17,20H,2,8H2,1H3/t13?,17-,20?/m0/s1. The summed E-state index contributed by atoms with van der Waals surface area (Å²) in [6, 6.07) is 7.43. The maximum Gasteiger partial charge on any atom is 0.186 e. The van der Waals surface area contributed by atoms with E-state index in [2.05, 4.69) is 0 Å². The van der Waals surface area contributed by atoms with E-state index in [0.717, 1.165) is 17.5 Å². The minimum atomic E-state index is -2.42. The Balaban J connectivity index is 1.89. The van der Waals surface area contributed by atoms with Crippen LogP contribution in [0.15, 0.2) is 71.1 Å². The molecule has 1 aromatic carbocycles. The zero-order valence-corrected chi connectivity index (χ0v) is 13.6. The fourth-order valence-corrected chi connectivity index (χ4v) is 3.09. The van der Waals surface area contributed by atoms with Crippen LogP contribution in [0.25, 0.3) is 0 Å². The molecule has 0 spiro atoms. The SMILES string of the molecule is CCc1ccc(C2C=C(F)C(C3=C[C@H](F)C(F)C(F)=C3)=C(F)C2)cc1. The van der Waals surface area contributed by atoms with Gasteiger partial charge in [-0.1, -0.05) is 31.2 Å². The van der Waals surface area contributed by atoms with Gasteiger partial charge in [-0.25, -0.2) is 22.0 Å². The predicted octanol–water partition coefficient (Wildman–Crippen LogP) is 6.28. The normalized spacial score (nSPS) is 27.0.